The van der Waals surface area contributed by atoms with Crippen molar-refractivity contribution in [1.82, 2.24) is 0 Å². The Morgan fingerprint density at radius 2 is 1.92 bits per heavy atom. The highest BCUT2D eigenvalue weighted by molar-refractivity contribution is 5.49. The number of nitrogens with zero attached hydrogens (tertiary/aromatic N) is 1. The summed E-state index contributed by atoms with van der Waals surface area (Å²) in [6.45, 7) is 5.89. The van der Waals surface area contributed by atoms with E-state index < -0.39 is 0 Å². The summed E-state index contributed by atoms with van der Waals surface area (Å²) in [5, 5.41) is 8.54. The molecule has 0 heterocycles. The first-order valence-corrected chi connectivity index (χ1v) is 4.00. The number of hydrogen-bond donors (Lipinski definition) is 1. The highest BCUT2D eigenvalue weighted by Crippen LogP contribution is 2.10. The van der Waals surface area contributed by atoms with Gasteiger partial charge < -0.3 is 5.73 Å². The van der Waals surface area contributed by atoms with Gasteiger partial charge >= 0.3 is 0 Å². The standard InChI is InChI=1S/C8H8N2.C2H6/c1-6-2-3-8(10)4-7(6)5-9;1-2/h2-4H,10H2,1H3;1-2H3. The van der Waals surface area contributed by atoms with Crippen molar-refractivity contribution in [3.8, 4) is 6.07 Å². The second-order valence-corrected chi connectivity index (χ2v) is 2.19. The molecule has 0 unspecified atom stereocenters. The molecule has 0 aliphatic carbocycles. The van der Waals surface area contributed by atoms with Crippen LogP contribution >= 0.6 is 0 Å². The van der Waals surface area contributed by atoms with Gasteiger partial charge in [0, 0.05) is 5.69 Å². The zero-order valence-corrected chi connectivity index (χ0v) is 7.76. The van der Waals surface area contributed by atoms with Crippen LogP contribution < -0.4 is 5.73 Å². The van der Waals surface area contributed by atoms with Gasteiger partial charge in [-0.3, -0.25) is 0 Å². The van der Waals surface area contributed by atoms with Gasteiger partial charge in [0.2, 0.25) is 0 Å². The number of nitrogens with two attached hydrogens (primary N) is 1. The number of nitriles is 1. The van der Waals surface area contributed by atoms with E-state index in [1.54, 1.807) is 12.1 Å². The molecule has 0 atom stereocenters. The van der Waals surface area contributed by atoms with Crippen LogP contribution in [0.2, 0.25) is 0 Å². The van der Waals surface area contributed by atoms with Gasteiger partial charge in [0.25, 0.3) is 0 Å². The predicted octanol–water partition coefficient (Wildman–Crippen LogP) is 2.48. The second kappa shape index (κ2) is 5.20. The van der Waals surface area contributed by atoms with E-state index in [-0.39, 0.29) is 0 Å². The lowest BCUT2D eigenvalue weighted by molar-refractivity contribution is 1.40. The third kappa shape index (κ3) is 2.63. The Labute approximate surface area is 73.6 Å². The minimum Gasteiger partial charge on any atom is -0.399 e. The Balaban J connectivity index is 0.000000561. The predicted molar refractivity (Wildman–Crippen MR) is 51.7 cm³/mol. The smallest absolute Gasteiger partial charge is 0.0995 e. The molecular formula is C10H14N2. The van der Waals surface area contributed by atoms with Crippen molar-refractivity contribution in [3.63, 3.8) is 0 Å². The summed E-state index contributed by atoms with van der Waals surface area (Å²) in [6.07, 6.45) is 0. The number of anilines is 1. The first-order chi connectivity index (χ1) is 5.74. The summed E-state index contributed by atoms with van der Waals surface area (Å²) >= 11 is 0. The summed E-state index contributed by atoms with van der Waals surface area (Å²) in [7, 11) is 0. The van der Waals surface area contributed by atoms with Crippen molar-refractivity contribution in [2.75, 3.05) is 5.73 Å². The van der Waals surface area contributed by atoms with Crippen molar-refractivity contribution >= 4 is 5.69 Å². The first-order valence-electron chi connectivity index (χ1n) is 4.00. The highest BCUT2D eigenvalue weighted by Gasteiger charge is 1.94. The van der Waals surface area contributed by atoms with E-state index in [1.165, 1.54) is 0 Å². The van der Waals surface area contributed by atoms with Gasteiger partial charge in [-0.15, -0.1) is 0 Å². The van der Waals surface area contributed by atoms with E-state index >= 15 is 0 Å². The van der Waals surface area contributed by atoms with Gasteiger partial charge in [-0.25, -0.2) is 0 Å². The van der Waals surface area contributed by atoms with E-state index in [1.807, 2.05) is 26.8 Å². The molecule has 2 N–H and O–H groups in total. The number of hydrogen-bond acceptors (Lipinski definition) is 2. The number of benzene rings is 1. The van der Waals surface area contributed by atoms with Crippen LogP contribution in [0.15, 0.2) is 18.2 Å². The van der Waals surface area contributed by atoms with Crippen LogP contribution in [0, 0.1) is 18.3 Å². The molecule has 0 saturated heterocycles. The molecule has 64 valence electrons. The van der Waals surface area contributed by atoms with Gasteiger partial charge in [-0.1, -0.05) is 19.9 Å². The molecule has 0 aliphatic rings. The highest BCUT2D eigenvalue weighted by atomic mass is 14.5. The van der Waals surface area contributed by atoms with Crippen LogP contribution in [0.5, 0.6) is 0 Å². The van der Waals surface area contributed by atoms with Crippen LogP contribution in [-0.4, -0.2) is 0 Å². The Morgan fingerprint density at radius 3 is 2.33 bits per heavy atom. The molecule has 0 saturated carbocycles. The molecular weight excluding hydrogens is 148 g/mol. The molecule has 1 rings (SSSR count). The monoisotopic (exact) mass is 162 g/mol. The van der Waals surface area contributed by atoms with E-state index in [0.29, 0.717) is 11.3 Å². The van der Waals surface area contributed by atoms with E-state index in [2.05, 4.69) is 6.07 Å². The quantitative estimate of drug-likeness (QED) is 0.596. The molecule has 0 spiro atoms. The van der Waals surface area contributed by atoms with E-state index in [9.17, 15) is 0 Å². The van der Waals surface area contributed by atoms with E-state index in [4.69, 9.17) is 11.0 Å². The number of aryl methyl sites for hydroxylation is 1. The number of rotatable bonds is 0. The normalized spacial score (nSPS) is 7.83. The maximum Gasteiger partial charge on any atom is 0.0995 e. The second-order valence-electron chi connectivity index (χ2n) is 2.19. The van der Waals surface area contributed by atoms with Gasteiger partial charge in [0.15, 0.2) is 0 Å². The van der Waals surface area contributed by atoms with Gasteiger partial charge in [-0.2, -0.15) is 5.26 Å². The molecule has 1 aromatic rings. The molecule has 0 radical (unpaired) electrons. The van der Waals surface area contributed by atoms with Crippen LogP contribution in [0.4, 0.5) is 5.69 Å². The van der Waals surface area contributed by atoms with Crippen molar-refractivity contribution in [2.24, 2.45) is 0 Å². The van der Waals surface area contributed by atoms with E-state index in [0.717, 1.165) is 5.56 Å². The molecule has 0 bridgehead atoms. The zero-order valence-electron chi connectivity index (χ0n) is 7.76. The summed E-state index contributed by atoms with van der Waals surface area (Å²) in [4.78, 5) is 0. The third-order valence-electron chi connectivity index (χ3n) is 1.38. The molecule has 0 aromatic heterocycles. The fourth-order valence-corrected chi connectivity index (χ4v) is 0.760. The molecule has 0 fully saturated rings. The van der Waals surface area contributed by atoms with Crippen LogP contribution in [0.25, 0.3) is 0 Å². The van der Waals surface area contributed by atoms with Crippen LogP contribution in [0.3, 0.4) is 0 Å². The first kappa shape index (κ1) is 10.5. The number of nitrogen functional groups attached to an aromatic ring is 1. The molecule has 1 aromatic carbocycles. The SMILES string of the molecule is CC.Cc1ccc(N)cc1C#N. The van der Waals surface area contributed by atoms with Crippen molar-refractivity contribution in [3.05, 3.63) is 29.3 Å². The minimum atomic E-state index is 0.641. The summed E-state index contributed by atoms with van der Waals surface area (Å²) in [5.41, 5.74) is 7.71. The topological polar surface area (TPSA) is 49.8 Å². The van der Waals surface area contributed by atoms with Crippen LogP contribution in [-0.2, 0) is 0 Å². The average molecular weight is 162 g/mol. The Bertz CT molecular complexity index is 284. The Kier molecular flexibility index (Phi) is 4.55. The third-order valence-corrected chi connectivity index (χ3v) is 1.38. The molecule has 2 nitrogen and oxygen atoms in total. The van der Waals surface area contributed by atoms with Crippen LogP contribution in [0.1, 0.15) is 25.0 Å². The molecule has 0 aliphatic heterocycles. The average Bonchev–Trinajstić information content (AvgIpc) is 2.13. The van der Waals surface area contributed by atoms with Crippen molar-refractivity contribution in [2.45, 2.75) is 20.8 Å². The largest absolute Gasteiger partial charge is 0.399 e. The molecule has 12 heavy (non-hydrogen) atoms. The van der Waals surface area contributed by atoms with Gasteiger partial charge in [0.05, 0.1) is 11.6 Å². The minimum absolute atomic E-state index is 0.641. The summed E-state index contributed by atoms with van der Waals surface area (Å²) in [6, 6.07) is 7.36. The van der Waals surface area contributed by atoms with Crippen molar-refractivity contribution in [1.29, 1.82) is 5.26 Å². The summed E-state index contributed by atoms with van der Waals surface area (Å²) in [5.74, 6) is 0. The maximum absolute atomic E-state index is 8.54. The lowest BCUT2D eigenvalue weighted by atomic mass is 10.1. The van der Waals surface area contributed by atoms with Gasteiger partial charge in [-0.05, 0) is 24.6 Å². The maximum atomic E-state index is 8.54. The molecule has 0 amide bonds. The summed E-state index contributed by atoms with van der Waals surface area (Å²) < 4.78 is 0. The van der Waals surface area contributed by atoms with Crippen molar-refractivity contribution < 1.29 is 0 Å². The Morgan fingerprint density at radius 1 is 1.33 bits per heavy atom. The molecule has 2 heteroatoms. The fourth-order valence-electron chi connectivity index (χ4n) is 0.760. The lowest BCUT2D eigenvalue weighted by Gasteiger charge is -1.96. The fraction of sp³-hybridized carbons (Fsp3) is 0.300. The van der Waals surface area contributed by atoms with Gasteiger partial charge in [0.1, 0.15) is 0 Å². The lowest BCUT2D eigenvalue weighted by Crippen LogP contribution is -1.87. The zero-order chi connectivity index (χ0) is 9.56. The Hall–Kier alpha value is -1.49.